The summed E-state index contributed by atoms with van der Waals surface area (Å²) in [6.45, 7) is 2.65. The Kier molecular flexibility index (Phi) is 4.70. The maximum atomic E-state index is 12.2. The molecule has 6 nitrogen and oxygen atoms in total. The summed E-state index contributed by atoms with van der Waals surface area (Å²) in [4.78, 5) is 19.7. The number of H-pyrrole nitrogens is 1. The average Bonchev–Trinajstić information content (AvgIpc) is 3.11. The molecule has 0 saturated carbocycles. The van der Waals surface area contributed by atoms with E-state index >= 15 is 0 Å². The van der Waals surface area contributed by atoms with Gasteiger partial charge in [0.1, 0.15) is 0 Å². The first kappa shape index (κ1) is 17.0. The first-order valence-electron chi connectivity index (χ1n) is 9.10. The third kappa shape index (κ3) is 3.74. The van der Waals surface area contributed by atoms with E-state index in [2.05, 4.69) is 57.6 Å². The van der Waals surface area contributed by atoms with Crippen LogP contribution in [0.15, 0.2) is 65.5 Å². The van der Waals surface area contributed by atoms with E-state index < -0.39 is 0 Å². The lowest BCUT2D eigenvalue weighted by Crippen LogP contribution is -2.15. The van der Waals surface area contributed by atoms with Gasteiger partial charge in [0.25, 0.3) is 5.56 Å². The molecule has 4 rings (SSSR count). The van der Waals surface area contributed by atoms with Gasteiger partial charge in [0.2, 0.25) is 11.7 Å². The van der Waals surface area contributed by atoms with Gasteiger partial charge in [-0.05, 0) is 29.2 Å². The average molecular weight is 359 g/mol. The number of nitrogens with zero attached hydrogens (tertiary/aromatic N) is 3. The molecule has 6 heteroatoms. The molecule has 0 unspecified atom stereocenters. The number of nitrogens with one attached hydrogen (secondary N) is 2. The minimum absolute atomic E-state index is 0.168. The van der Waals surface area contributed by atoms with Gasteiger partial charge in [0, 0.05) is 18.3 Å². The van der Waals surface area contributed by atoms with Crippen LogP contribution in [0.2, 0.25) is 0 Å². The van der Waals surface area contributed by atoms with Crippen LogP contribution in [0, 0.1) is 0 Å². The lowest BCUT2D eigenvalue weighted by atomic mass is 10.0. The van der Waals surface area contributed by atoms with Crippen LogP contribution in [0.25, 0.3) is 16.9 Å². The van der Waals surface area contributed by atoms with Crippen LogP contribution in [0.3, 0.4) is 0 Å². The summed E-state index contributed by atoms with van der Waals surface area (Å²) in [7, 11) is 0. The standard InChI is InChI=1S/C21H21N5O/c1-2-7-18-13-19(27)26-21(23-18)24-20(25-26)22-14-15-8-6-11-17(12-15)16-9-4-3-5-10-16/h3-6,8-13H,2,7,14H2,1H3,(H2,22,23,24,25). The zero-order valence-corrected chi connectivity index (χ0v) is 15.1. The number of benzene rings is 2. The fourth-order valence-corrected chi connectivity index (χ4v) is 3.09. The predicted molar refractivity (Wildman–Crippen MR) is 107 cm³/mol. The van der Waals surface area contributed by atoms with E-state index in [1.807, 2.05) is 24.3 Å². The lowest BCUT2D eigenvalue weighted by molar-refractivity contribution is 0.837. The summed E-state index contributed by atoms with van der Waals surface area (Å²) < 4.78 is 1.29. The van der Waals surface area contributed by atoms with Gasteiger partial charge in [-0.2, -0.15) is 9.50 Å². The lowest BCUT2D eigenvalue weighted by Gasteiger charge is -2.06. The van der Waals surface area contributed by atoms with E-state index in [-0.39, 0.29) is 5.56 Å². The van der Waals surface area contributed by atoms with Gasteiger partial charge in [-0.3, -0.25) is 4.79 Å². The first-order chi connectivity index (χ1) is 13.2. The molecule has 0 bridgehead atoms. The van der Waals surface area contributed by atoms with Crippen LogP contribution in [-0.4, -0.2) is 19.6 Å². The highest BCUT2D eigenvalue weighted by atomic mass is 16.1. The Bertz CT molecular complexity index is 1110. The highest BCUT2D eigenvalue weighted by Crippen LogP contribution is 2.20. The SMILES string of the molecule is CCCc1cc(=O)n2nc(NCc3cccc(-c4ccccc4)c3)nc2[nH]1. The van der Waals surface area contributed by atoms with E-state index in [4.69, 9.17) is 0 Å². The monoisotopic (exact) mass is 359 g/mol. The number of aromatic amines is 1. The molecule has 0 radical (unpaired) electrons. The summed E-state index contributed by atoms with van der Waals surface area (Å²) in [5.74, 6) is 0.897. The molecule has 2 aromatic heterocycles. The van der Waals surface area contributed by atoms with Crippen LogP contribution in [0.1, 0.15) is 24.6 Å². The van der Waals surface area contributed by atoms with Crippen LogP contribution in [-0.2, 0) is 13.0 Å². The van der Waals surface area contributed by atoms with Crippen molar-refractivity contribution < 1.29 is 0 Å². The molecule has 0 aliphatic carbocycles. The summed E-state index contributed by atoms with van der Waals surface area (Å²) >= 11 is 0. The van der Waals surface area contributed by atoms with E-state index in [0.717, 1.165) is 29.7 Å². The third-order valence-corrected chi connectivity index (χ3v) is 4.39. The molecule has 0 saturated heterocycles. The predicted octanol–water partition coefficient (Wildman–Crippen LogP) is 3.65. The van der Waals surface area contributed by atoms with E-state index in [1.165, 1.54) is 10.1 Å². The fourth-order valence-electron chi connectivity index (χ4n) is 3.09. The molecule has 136 valence electrons. The second kappa shape index (κ2) is 7.45. The molecule has 2 N–H and O–H groups in total. The summed E-state index contributed by atoms with van der Waals surface area (Å²) in [6.07, 6.45) is 1.77. The van der Waals surface area contributed by atoms with Crippen LogP contribution in [0.4, 0.5) is 5.95 Å². The Morgan fingerprint density at radius 3 is 2.67 bits per heavy atom. The second-order valence-corrected chi connectivity index (χ2v) is 6.47. The summed E-state index contributed by atoms with van der Waals surface area (Å²) in [6, 6.07) is 20.2. The van der Waals surface area contributed by atoms with Crippen molar-refractivity contribution in [1.82, 2.24) is 19.6 Å². The van der Waals surface area contributed by atoms with Gasteiger partial charge in [-0.15, -0.1) is 5.10 Å². The molecule has 0 amide bonds. The molecular weight excluding hydrogens is 338 g/mol. The summed E-state index contributed by atoms with van der Waals surface area (Å²) in [5, 5.41) is 7.47. The zero-order valence-electron chi connectivity index (χ0n) is 15.1. The van der Waals surface area contributed by atoms with Crippen molar-refractivity contribution in [2.45, 2.75) is 26.3 Å². The molecule has 0 spiro atoms. The molecule has 27 heavy (non-hydrogen) atoms. The summed E-state index contributed by atoms with van der Waals surface area (Å²) in [5.41, 5.74) is 4.17. The van der Waals surface area contributed by atoms with Crippen molar-refractivity contribution in [2.75, 3.05) is 5.32 Å². The van der Waals surface area contributed by atoms with Gasteiger partial charge in [0.05, 0.1) is 0 Å². The number of rotatable bonds is 6. The number of anilines is 1. The van der Waals surface area contributed by atoms with Gasteiger partial charge < -0.3 is 10.3 Å². The molecule has 0 aliphatic heterocycles. The molecule has 0 aliphatic rings. The van der Waals surface area contributed by atoms with Crippen LogP contribution in [0.5, 0.6) is 0 Å². The molecule has 0 atom stereocenters. The molecule has 0 fully saturated rings. The quantitative estimate of drug-likeness (QED) is 0.551. The topological polar surface area (TPSA) is 75.1 Å². The molecule has 4 aromatic rings. The molecule has 2 heterocycles. The number of hydrogen-bond donors (Lipinski definition) is 2. The Hall–Kier alpha value is -3.41. The normalized spacial score (nSPS) is 11.0. The van der Waals surface area contributed by atoms with Crippen LogP contribution >= 0.6 is 0 Å². The Morgan fingerprint density at radius 1 is 1.04 bits per heavy atom. The minimum Gasteiger partial charge on any atom is -0.349 e. The van der Waals surface area contributed by atoms with Crippen molar-refractivity contribution in [3.05, 3.63) is 82.3 Å². The zero-order chi connectivity index (χ0) is 18.6. The highest BCUT2D eigenvalue weighted by Gasteiger charge is 2.08. The number of hydrogen-bond acceptors (Lipinski definition) is 4. The van der Waals surface area contributed by atoms with Gasteiger partial charge in [-0.1, -0.05) is 61.9 Å². The van der Waals surface area contributed by atoms with Crippen molar-refractivity contribution in [1.29, 1.82) is 0 Å². The number of aryl methyl sites for hydroxylation is 1. The van der Waals surface area contributed by atoms with Gasteiger partial charge >= 0.3 is 0 Å². The van der Waals surface area contributed by atoms with Crippen molar-refractivity contribution in [3.8, 4) is 11.1 Å². The van der Waals surface area contributed by atoms with Crippen LogP contribution < -0.4 is 10.9 Å². The van der Waals surface area contributed by atoms with E-state index in [1.54, 1.807) is 6.07 Å². The van der Waals surface area contributed by atoms with Gasteiger partial charge in [-0.25, -0.2) is 0 Å². The van der Waals surface area contributed by atoms with E-state index in [0.29, 0.717) is 18.3 Å². The highest BCUT2D eigenvalue weighted by molar-refractivity contribution is 5.64. The maximum absolute atomic E-state index is 12.2. The van der Waals surface area contributed by atoms with E-state index in [9.17, 15) is 4.79 Å². The van der Waals surface area contributed by atoms with Crippen molar-refractivity contribution >= 4 is 11.7 Å². The molecular formula is C21H21N5O. The molecule has 2 aromatic carbocycles. The van der Waals surface area contributed by atoms with Crippen molar-refractivity contribution in [3.63, 3.8) is 0 Å². The number of fused-ring (bicyclic) bond motifs is 1. The maximum Gasteiger partial charge on any atom is 0.275 e. The fraction of sp³-hybridized carbons (Fsp3) is 0.190. The smallest absolute Gasteiger partial charge is 0.275 e. The first-order valence-corrected chi connectivity index (χ1v) is 9.10. The number of aromatic nitrogens is 4. The largest absolute Gasteiger partial charge is 0.349 e. The Balaban J connectivity index is 1.54. The second-order valence-electron chi connectivity index (χ2n) is 6.47. The Morgan fingerprint density at radius 2 is 1.85 bits per heavy atom. The van der Waals surface area contributed by atoms with Crippen molar-refractivity contribution in [2.24, 2.45) is 0 Å². The Labute approximate surface area is 156 Å². The third-order valence-electron chi connectivity index (χ3n) is 4.39. The van der Waals surface area contributed by atoms with Gasteiger partial charge in [0.15, 0.2) is 0 Å². The minimum atomic E-state index is -0.168.